The van der Waals surface area contributed by atoms with Gasteiger partial charge >= 0.3 is 5.97 Å². The van der Waals surface area contributed by atoms with Crippen molar-refractivity contribution < 1.29 is 14.6 Å². The Morgan fingerprint density at radius 2 is 2.04 bits per heavy atom. The number of aliphatic hydroxyl groups is 1. The number of hydrogen-bond donors (Lipinski definition) is 2. The smallest absolute Gasteiger partial charge is 0.302 e. The number of allylic oxidation sites excluding steroid dienone is 1. The van der Waals surface area contributed by atoms with Crippen molar-refractivity contribution in [2.45, 2.75) is 84.0 Å². The van der Waals surface area contributed by atoms with Gasteiger partial charge in [-0.1, -0.05) is 25.5 Å². The Morgan fingerprint density at radius 3 is 2.73 bits per heavy atom. The summed E-state index contributed by atoms with van der Waals surface area (Å²) in [6.45, 7) is 6.39. The van der Waals surface area contributed by atoms with Crippen molar-refractivity contribution in [2.75, 3.05) is 7.05 Å². The summed E-state index contributed by atoms with van der Waals surface area (Å²) in [6.07, 6.45) is 9.90. The number of carbonyl (C=O) groups excluding carboxylic acids is 1. The minimum absolute atomic E-state index is 0.0687. The average Bonchev–Trinajstić information content (AvgIpc) is 2.84. The van der Waals surface area contributed by atoms with E-state index in [0.717, 1.165) is 32.1 Å². The molecule has 2 N–H and O–H groups in total. The molecule has 4 aliphatic rings. The van der Waals surface area contributed by atoms with E-state index in [4.69, 9.17) is 4.74 Å². The first-order valence-corrected chi connectivity index (χ1v) is 10.5. The van der Waals surface area contributed by atoms with E-state index >= 15 is 0 Å². The molecule has 4 nitrogen and oxygen atoms in total. The highest BCUT2D eigenvalue weighted by molar-refractivity contribution is 5.66. The molecule has 3 fully saturated rings. The summed E-state index contributed by atoms with van der Waals surface area (Å²) in [4.78, 5) is 11.4. The Labute approximate surface area is 157 Å². The number of carbonyl (C=O) groups is 1. The molecule has 3 saturated carbocycles. The molecule has 146 valence electrons. The highest BCUT2D eigenvalue weighted by atomic mass is 16.5. The highest BCUT2D eigenvalue weighted by Gasteiger charge is 2.60. The minimum Gasteiger partial charge on any atom is -0.462 e. The molecule has 8 atom stereocenters. The molecule has 0 bridgehead atoms. The molecule has 0 amide bonds. The Hall–Kier alpha value is -0.870. The lowest BCUT2D eigenvalue weighted by atomic mass is 9.48. The van der Waals surface area contributed by atoms with Gasteiger partial charge in [0.25, 0.3) is 0 Å². The van der Waals surface area contributed by atoms with Crippen LogP contribution in [0.2, 0.25) is 0 Å². The largest absolute Gasteiger partial charge is 0.462 e. The molecule has 0 aromatic rings. The van der Waals surface area contributed by atoms with E-state index in [9.17, 15) is 9.90 Å². The molecule has 0 unspecified atom stereocenters. The molecule has 0 radical (unpaired) electrons. The van der Waals surface area contributed by atoms with Crippen LogP contribution in [0.25, 0.3) is 0 Å². The van der Waals surface area contributed by atoms with Gasteiger partial charge in [-0.25, -0.2) is 0 Å². The van der Waals surface area contributed by atoms with E-state index in [1.54, 1.807) is 0 Å². The van der Waals surface area contributed by atoms with Crippen LogP contribution in [0.15, 0.2) is 11.6 Å². The van der Waals surface area contributed by atoms with Crippen LogP contribution in [-0.4, -0.2) is 36.4 Å². The van der Waals surface area contributed by atoms with Gasteiger partial charge in [-0.05, 0) is 74.2 Å². The normalized spacial score (nSPS) is 50.3. The van der Waals surface area contributed by atoms with E-state index in [0.29, 0.717) is 17.8 Å². The summed E-state index contributed by atoms with van der Waals surface area (Å²) in [7, 11) is 2.00. The zero-order valence-electron chi connectivity index (χ0n) is 16.8. The molecule has 0 saturated heterocycles. The van der Waals surface area contributed by atoms with Crippen molar-refractivity contribution >= 4 is 5.97 Å². The van der Waals surface area contributed by atoms with Crippen LogP contribution in [0.5, 0.6) is 0 Å². The number of ether oxygens (including phenoxy) is 1. The van der Waals surface area contributed by atoms with E-state index in [1.807, 2.05) is 7.05 Å². The molecule has 0 aromatic heterocycles. The van der Waals surface area contributed by atoms with Crippen molar-refractivity contribution in [2.24, 2.45) is 28.6 Å². The van der Waals surface area contributed by atoms with Gasteiger partial charge in [-0.3, -0.25) is 4.79 Å². The standard InChI is InChI=1S/C22H35NO3/c1-13(24)26-15-7-9-21(2)14(11-15)5-6-16-17(21)8-10-22(3)18(16)12-19(25)20(22)23-4/h5,15-20,23,25H,6-12H2,1-4H3/t15-,16+,17-,18-,19+,20-,21-,22-/m0/s1. The van der Waals surface area contributed by atoms with Gasteiger partial charge in [-0.15, -0.1) is 0 Å². The zero-order chi connectivity index (χ0) is 18.7. The number of aliphatic hydroxyl groups excluding tert-OH is 1. The third-order valence-corrected chi connectivity index (χ3v) is 8.73. The highest BCUT2D eigenvalue weighted by Crippen LogP contribution is 2.64. The molecular weight excluding hydrogens is 326 g/mol. The maximum absolute atomic E-state index is 11.4. The van der Waals surface area contributed by atoms with Gasteiger partial charge in [-0.2, -0.15) is 0 Å². The topological polar surface area (TPSA) is 58.6 Å². The van der Waals surface area contributed by atoms with Crippen molar-refractivity contribution in [3.8, 4) is 0 Å². The molecule has 0 aliphatic heterocycles. The fourth-order valence-electron chi connectivity index (χ4n) is 7.50. The second kappa shape index (κ2) is 6.34. The van der Waals surface area contributed by atoms with Crippen LogP contribution in [0.3, 0.4) is 0 Å². The van der Waals surface area contributed by atoms with Crippen LogP contribution < -0.4 is 5.32 Å². The number of nitrogens with one attached hydrogen (secondary N) is 1. The molecule has 4 rings (SSSR count). The molecule has 4 heteroatoms. The molecular formula is C22H35NO3. The zero-order valence-corrected chi connectivity index (χ0v) is 16.8. The van der Waals surface area contributed by atoms with E-state index in [1.165, 1.54) is 25.3 Å². The fourth-order valence-corrected chi connectivity index (χ4v) is 7.50. The summed E-state index contributed by atoms with van der Waals surface area (Å²) in [5.41, 5.74) is 2.00. The predicted molar refractivity (Wildman–Crippen MR) is 101 cm³/mol. The van der Waals surface area contributed by atoms with Crippen LogP contribution in [-0.2, 0) is 9.53 Å². The average molecular weight is 362 g/mol. The number of rotatable bonds is 2. The van der Waals surface area contributed by atoms with Crippen molar-refractivity contribution in [3.05, 3.63) is 11.6 Å². The monoisotopic (exact) mass is 361 g/mol. The Balaban J connectivity index is 1.59. The SMILES string of the molecule is CN[C@H]1[C@H](O)C[C@H]2[C@@H]3CC=C4C[C@@H](OC(C)=O)CC[C@]4(C)[C@H]3CC[C@@]21C. The Morgan fingerprint density at radius 1 is 1.27 bits per heavy atom. The fraction of sp³-hybridized carbons (Fsp3) is 0.864. The molecule has 4 aliphatic carbocycles. The first kappa shape index (κ1) is 18.5. The van der Waals surface area contributed by atoms with Crippen LogP contribution >= 0.6 is 0 Å². The molecule has 0 aromatic carbocycles. The van der Waals surface area contributed by atoms with Gasteiger partial charge in [0, 0.05) is 19.4 Å². The van der Waals surface area contributed by atoms with Crippen molar-refractivity contribution in [1.29, 1.82) is 0 Å². The second-order valence-electron chi connectivity index (χ2n) is 9.85. The van der Waals surface area contributed by atoms with Crippen LogP contribution in [0, 0.1) is 28.6 Å². The first-order chi connectivity index (χ1) is 12.3. The van der Waals surface area contributed by atoms with E-state index < -0.39 is 0 Å². The quantitative estimate of drug-likeness (QED) is 0.584. The number of hydrogen-bond acceptors (Lipinski definition) is 4. The summed E-state index contributed by atoms with van der Waals surface area (Å²) in [5.74, 6) is 1.84. The number of fused-ring (bicyclic) bond motifs is 5. The number of likely N-dealkylation sites (N-methyl/N-ethyl adjacent to an activating group) is 1. The maximum Gasteiger partial charge on any atom is 0.302 e. The summed E-state index contributed by atoms with van der Waals surface area (Å²) in [5, 5.41) is 14.1. The third kappa shape index (κ3) is 2.59. The maximum atomic E-state index is 11.4. The second-order valence-corrected chi connectivity index (χ2v) is 9.85. The van der Waals surface area contributed by atoms with Gasteiger partial charge in [0.2, 0.25) is 0 Å². The van der Waals surface area contributed by atoms with E-state index in [-0.39, 0.29) is 35.0 Å². The predicted octanol–water partition coefficient (Wildman–Crippen LogP) is 3.44. The van der Waals surface area contributed by atoms with Gasteiger partial charge in [0.1, 0.15) is 6.10 Å². The van der Waals surface area contributed by atoms with E-state index in [2.05, 4.69) is 25.2 Å². The lowest BCUT2D eigenvalue weighted by molar-refractivity contribution is -0.148. The summed E-state index contributed by atoms with van der Waals surface area (Å²) in [6, 6.07) is 0.228. The van der Waals surface area contributed by atoms with Crippen molar-refractivity contribution in [1.82, 2.24) is 5.32 Å². The lowest BCUT2D eigenvalue weighted by Crippen LogP contribution is -2.53. The summed E-state index contributed by atoms with van der Waals surface area (Å²) >= 11 is 0. The molecule has 26 heavy (non-hydrogen) atoms. The van der Waals surface area contributed by atoms with Crippen molar-refractivity contribution in [3.63, 3.8) is 0 Å². The first-order valence-electron chi connectivity index (χ1n) is 10.5. The Bertz CT molecular complexity index is 617. The van der Waals surface area contributed by atoms with Crippen LogP contribution in [0.1, 0.15) is 65.7 Å². The number of esters is 1. The third-order valence-electron chi connectivity index (χ3n) is 8.73. The summed E-state index contributed by atoms with van der Waals surface area (Å²) < 4.78 is 5.53. The van der Waals surface area contributed by atoms with Crippen LogP contribution in [0.4, 0.5) is 0 Å². The Kier molecular flexibility index (Phi) is 4.51. The molecule has 0 spiro atoms. The van der Waals surface area contributed by atoms with Gasteiger partial charge in [0.05, 0.1) is 6.10 Å². The van der Waals surface area contributed by atoms with Gasteiger partial charge < -0.3 is 15.2 Å². The molecule has 0 heterocycles. The lowest BCUT2D eigenvalue weighted by Gasteiger charge is -2.58. The minimum atomic E-state index is -0.216. The van der Waals surface area contributed by atoms with Gasteiger partial charge in [0.15, 0.2) is 0 Å².